The third-order valence-corrected chi connectivity index (χ3v) is 6.68. The highest BCUT2D eigenvalue weighted by molar-refractivity contribution is 7.92. The molecule has 1 aliphatic heterocycles. The van der Waals surface area contributed by atoms with Crippen LogP contribution in [-0.2, 0) is 10.0 Å². The Labute approximate surface area is 172 Å². The zero-order valence-corrected chi connectivity index (χ0v) is 16.8. The largest absolute Gasteiger partial charge is 0.465 e. The van der Waals surface area contributed by atoms with Gasteiger partial charge in [-0.15, -0.1) is 0 Å². The number of anilines is 2. The van der Waals surface area contributed by atoms with Gasteiger partial charge in [0.15, 0.2) is 5.58 Å². The van der Waals surface area contributed by atoms with Crippen molar-refractivity contribution in [3.8, 4) is 0 Å². The summed E-state index contributed by atoms with van der Waals surface area (Å²) >= 11 is 6.05. The number of carbonyl (C=O) groups is 1. The second-order valence-corrected chi connectivity index (χ2v) is 8.68. The smallest absolute Gasteiger partial charge is 0.407 e. The first-order chi connectivity index (χ1) is 13.8. The SMILES string of the molecule is O=C(O)N1CCN(c2cc(NS(=O)(=O)c3ccccc3Cl)cc3ccoc23)CC1. The van der Waals surface area contributed by atoms with Gasteiger partial charge in [0.25, 0.3) is 10.0 Å². The molecule has 1 fully saturated rings. The van der Waals surface area contributed by atoms with Gasteiger partial charge in [-0.25, -0.2) is 13.2 Å². The van der Waals surface area contributed by atoms with Crippen molar-refractivity contribution in [1.82, 2.24) is 4.90 Å². The fourth-order valence-electron chi connectivity index (χ4n) is 3.37. The maximum atomic E-state index is 12.8. The molecule has 0 saturated carbocycles. The van der Waals surface area contributed by atoms with Crippen molar-refractivity contribution in [2.75, 3.05) is 35.8 Å². The lowest BCUT2D eigenvalue weighted by molar-refractivity contribution is 0.142. The predicted octanol–water partition coefficient (Wildman–Crippen LogP) is 3.69. The molecule has 8 nitrogen and oxygen atoms in total. The number of nitrogens with zero attached hydrogens (tertiary/aromatic N) is 2. The molecule has 1 amide bonds. The summed E-state index contributed by atoms with van der Waals surface area (Å²) in [5.41, 5.74) is 1.69. The maximum absolute atomic E-state index is 12.8. The van der Waals surface area contributed by atoms with Gasteiger partial charge in [-0.05, 0) is 30.3 Å². The molecule has 10 heteroatoms. The minimum Gasteiger partial charge on any atom is -0.465 e. The number of nitrogens with one attached hydrogen (secondary N) is 1. The van der Waals surface area contributed by atoms with Crippen molar-refractivity contribution in [1.29, 1.82) is 0 Å². The average molecular weight is 436 g/mol. The first-order valence-electron chi connectivity index (χ1n) is 8.86. The summed E-state index contributed by atoms with van der Waals surface area (Å²) in [5, 5.41) is 10.0. The molecular weight excluding hydrogens is 418 g/mol. The Balaban J connectivity index is 1.67. The molecule has 1 aromatic heterocycles. The number of sulfonamides is 1. The van der Waals surface area contributed by atoms with E-state index in [1.54, 1.807) is 30.3 Å². The van der Waals surface area contributed by atoms with Gasteiger partial charge in [0.1, 0.15) is 4.90 Å². The Morgan fingerprint density at radius 2 is 1.83 bits per heavy atom. The normalized spacial score (nSPS) is 14.9. The summed E-state index contributed by atoms with van der Waals surface area (Å²) in [6.45, 7) is 1.66. The molecule has 1 saturated heterocycles. The molecule has 3 aromatic rings. The molecule has 0 spiro atoms. The van der Waals surface area contributed by atoms with Crippen molar-refractivity contribution in [3.63, 3.8) is 0 Å². The van der Waals surface area contributed by atoms with Gasteiger partial charge >= 0.3 is 6.09 Å². The van der Waals surface area contributed by atoms with Crippen molar-refractivity contribution in [3.05, 3.63) is 53.8 Å². The first-order valence-corrected chi connectivity index (χ1v) is 10.7. The lowest BCUT2D eigenvalue weighted by Crippen LogP contribution is -2.48. The number of fused-ring (bicyclic) bond motifs is 1. The summed E-state index contributed by atoms with van der Waals surface area (Å²) in [6.07, 6.45) is 0.586. The number of furan rings is 1. The van der Waals surface area contributed by atoms with Crippen LogP contribution in [0, 0.1) is 0 Å². The minimum atomic E-state index is -3.88. The third kappa shape index (κ3) is 3.83. The highest BCUT2D eigenvalue weighted by Gasteiger charge is 2.24. The molecule has 4 rings (SSSR count). The van der Waals surface area contributed by atoms with Crippen LogP contribution in [0.3, 0.4) is 0 Å². The molecule has 0 unspecified atom stereocenters. The van der Waals surface area contributed by atoms with E-state index < -0.39 is 16.1 Å². The van der Waals surface area contributed by atoms with Crippen LogP contribution in [0.15, 0.2) is 58.0 Å². The van der Waals surface area contributed by atoms with Crippen LogP contribution in [0.2, 0.25) is 5.02 Å². The second-order valence-electron chi connectivity index (χ2n) is 6.63. The fourth-order valence-corrected chi connectivity index (χ4v) is 4.93. The van der Waals surface area contributed by atoms with Crippen LogP contribution in [-0.4, -0.2) is 50.7 Å². The van der Waals surface area contributed by atoms with E-state index in [-0.39, 0.29) is 9.92 Å². The minimum absolute atomic E-state index is 0.00872. The highest BCUT2D eigenvalue weighted by Crippen LogP contribution is 2.34. The standard InChI is InChI=1S/C19H18ClN3O5S/c20-15-3-1-2-4-17(15)29(26,27)21-14-11-13-5-10-28-18(13)16(12-14)22-6-8-23(9-7-22)19(24)25/h1-5,10-12,21H,6-9H2,(H,24,25). The summed E-state index contributed by atoms with van der Waals surface area (Å²) in [4.78, 5) is 14.5. The molecule has 1 aliphatic rings. The molecule has 2 N–H and O–H groups in total. The summed E-state index contributed by atoms with van der Waals surface area (Å²) in [7, 11) is -3.88. The predicted molar refractivity (Wildman–Crippen MR) is 110 cm³/mol. The van der Waals surface area contributed by atoms with Crippen LogP contribution in [0.1, 0.15) is 0 Å². The number of amides is 1. The fraction of sp³-hybridized carbons (Fsp3) is 0.211. The molecule has 0 atom stereocenters. The monoisotopic (exact) mass is 435 g/mol. The zero-order chi connectivity index (χ0) is 20.6. The molecule has 0 bridgehead atoms. The Bertz CT molecular complexity index is 1170. The van der Waals surface area contributed by atoms with Crippen LogP contribution < -0.4 is 9.62 Å². The third-order valence-electron chi connectivity index (χ3n) is 4.80. The van der Waals surface area contributed by atoms with E-state index in [1.165, 1.54) is 23.3 Å². The molecule has 0 aliphatic carbocycles. The van der Waals surface area contributed by atoms with E-state index in [2.05, 4.69) is 4.72 Å². The van der Waals surface area contributed by atoms with Crippen LogP contribution >= 0.6 is 11.6 Å². The van der Waals surface area contributed by atoms with E-state index in [0.29, 0.717) is 43.1 Å². The van der Waals surface area contributed by atoms with Crippen molar-refractivity contribution < 1.29 is 22.7 Å². The van der Waals surface area contributed by atoms with Gasteiger partial charge in [-0.3, -0.25) is 4.72 Å². The number of hydrogen-bond donors (Lipinski definition) is 2. The van der Waals surface area contributed by atoms with Crippen LogP contribution in [0.25, 0.3) is 11.0 Å². The lowest BCUT2D eigenvalue weighted by Gasteiger charge is -2.34. The van der Waals surface area contributed by atoms with Crippen LogP contribution in [0.4, 0.5) is 16.2 Å². The molecule has 0 radical (unpaired) electrons. The average Bonchev–Trinajstić information content (AvgIpc) is 3.16. The van der Waals surface area contributed by atoms with Crippen molar-refractivity contribution in [2.45, 2.75) is 4.90 Å². The summed E-state index contributed by atoms with van der Waals surface area (Å²) in [6, 6.07) is 11.3. The summed E-state index contributed by atoms with van der Waals surface area (Å²) in [5.74, 6) is 0. The number of halogens is 1. The highest BCUT2D eigenvalue weighted by atomic mass is 35.5. The zero-order valence-electron chi connectivity index (χ0n) is 15.2. The van der Waals surface area contributed by atoms with Crippen molar-refractivity contribution in [2.24, 2.45) is 0 Å². The first kappa shape index (κ1) is 19.4. The molecule has 29 heavy (non-hydrogen) atoms. The molecule has 2 heterocycles. The Morgan fingerprint density at radius 1 is 1.10 bits per heavy atom. The quantitative estimate of drug-likeness (QED) is 0.647. The van der Waals surface area contributed by atoms with Crippen LogP contribution in [0.5, 0.6) is 0 Å². The van der Waals surface area contributed by atoms with Gasteiger partial charge in [0.05, 0.1) is 22.7 Å². The molecule has 152 valence electrons. The van der Waals surface area contributed by atoms with E-state index in [1.807, 2.05) is 4.90 Å². The van der Waals surface area contributed by atoms with Gasteiger partial charge in [-0.1, -0.05) is 23.7 Å². The Hall–Kier alpha value is -2.91. The number of carboxylic acid groups (broad SMARTS) is 1. The van der Waals surface area contributed by atoms with E-state index in [0.717, 1.165) is 5.39 Å². The van der Waals surface area contributed by atoms with Gasteiger partial charge in [0, 0.05) is 31.6 Å². The number of rotatable bonds is 4. The summed E-state index contributed by atoms with van der Waals surface area (Å²) < 4.78 is 33.8. The topological polar surface area (TPSA) is 103 Å². The molecular formula is C19H18ClN3O5S. The van der Waals surface area contributed by atoms with E-state index in [4.69, 9.17) is 21.1 Å². The number of piperazine rings is 1. The lowest BCUT2D eigenvalue weighted by atomic mass is 10.1. The van der Waals surface area contributed by atoms with Gasteiger partial charge in [0.2, 0.25) is 0 Å². The number of benzene rings is 2. The second kappa shape index (κ2) is 7.49. The number of hydrogen-bond acceptors (Lipinski definition) is 5. The maximum Gasteiger partial charge on any atom is 0.407 e. The van der Waals surface area contributed by atoms with Gasteiger partial charge < -0.3 is 19.3 Å². The van der Waals surface area contributed by atoms with Gasteiger partial charge in [-0.2, -0.15) is 0 Å². The van der Waals surface area contributed by atoms with E-state index >= 15 is 0 Å². The Morgan fingerprint density at radius 3 is 2.52 bits per heavy atom. The molecule has 2 aromatic carbocycles. The Kier molecular flexibility index (Phi) is 5.01. The van der Waals surface area contributed by atoms with Crippen molar-refractivity contribution >= 4 is 50.1 Å². The van der Waals surface area contributed by atoms with E-state index in [9.17, 15) is 13.2 Å².